The van der Waals surface area contributed by atoms with E-state index >= 15 is 0 Å². The van der Waals surface area contributed by atoms with Gasteiger partial charge in [-0.1, -0.05) is 11.6 Å². The number of nitrogens with zero attached hydrogens (tertiary/aromatic N) is 1. The Morgan fingerprint density at radius 2 is 1.74 bits per heavy atom. The van der Waals surface area contributed by atoms with E-state index in [4.69, 9.17) is 25.5 Å². The van der Waals surface area contributed by atoms with E-state index in [1.165, 1.54) is 14.2 Å². The Kier molecular flexibility index (Phi) is 5.78. The molecule has 0 saturated carbocycles. The van der Waals surface area contributed by atoms with Crippen LogP contribution in [0.5, 0.6) is 11.5 Å². The zero-order valence-electron chi connectivity index (χ0n) is 17.6. The van der Waals surface area contributed by atoms with Crippen molar-refractivity contribution in [1.29, 1.82) is 0 Å². The molecule has 4 rings (SSSR count). The van der Waals surface area contributed by atoms with Crippen LogP contribution in [-0.2, 0) is 0 Å². The SMILES string of the molecule is COc1cc(NC(=O)c2oc3ccc(Cl)cc3c2C)c(C(=O)N2CCCC2)cc1OC. The normalized spacial score (nSPS) is 13.5. The van der Waals surface area contributed by atoms with Gasteiger partial charge in [0.15, 0.2) is 17.3 Å². The summed E-state index contributed by atoms with van der Waals surface area (Å²) < 4.78 is 16.5. The van der Waals surface area contributed by atoms with Gasteiger partial charge < -0.3 is 24.1 Å². The number of rotatable bonds is 5. The molecular weight excluding hydrogens is 420 g/mol. The first-order valence-corrected chi connectivity index (χ1v) is 10.4. The predicted molar refractivity (Wildman–Crippen MR) is 119 cm³/mol. The minimum absolute atomic E-state index is 0.159. The number of hydrogen-bond acceptors (Lipinski definition) is 5. The average Bonchev–Trinajstić information content (AvgIpc) is 3.41. The zero-order chi connectivity index (χ0) is 22.1. The van der Waals surface area contributed by atoms with Gasteiger partial charge in [-0.05, 0) is 44.0 Å². The van der Waals surface area contributed by atoms with E-state index in [1.54, 1.807) is 42.2 Å². The highest BCUT2D eigenvalue weighted by Gasteiger charge is 2.26. The van der Waals surface area contributed by atoms with Crippen LogP contribution in [0.25, 0.3) is 11.0 Å². The molecule has 0 spiro atoms. The van der Waals surface area contributed by atoms with Gasteiger partial charge in [-0.25, -0.2) is 0 Å². The van der Waals surface area contributed by atoms with Crippen LogP contribution in [0.1, 0.15) is 39.3 Å². The molecule has 0 unspecified atom stereocenters. The van der Waals surface area contributed by atoms with Gasteiger partial charge in [0.25, 0.3) is 11.8 Å². The average molecular weight is 443 g/mol. The molecule has 3 aromatic rings. The maximum absolute atomic E-state index is 13.1. The fourth-order valence-electron chi connectivity index (χ4n) is 3.84. The Bertz CT molecular complexity index is 1160. The number of anilines is 1. The maximum Gasteiger partial charge on any atom is 0.291 e. The fraction of sp³-hybridized carbons (Fsp3) is 0.304. The van der Waals surface area contributed by atoms with Gasteiger partial charge in [-0.2, -0.15) is 0 Å². The van der Waals surface area contributed by atoms with Gasteiger partial charge in [0, 0.05) is 35.1 Å². The number of furan rings is 1. The number of likely N-dealkylation sites (tertiary alicyclic amines) is 1. The Hall–Kier alpha value is -3.19. The van der Waals surface area contributed by atoms with E-state index in [-0.39, 0.29) is 11.7 Å². The van der Waals surface area contributed by atoms with Crippen LogP contribution in [0, 0.1) is 6.92 Å². The number of amides is 2. The topological polar surface area (TPSA) is 81.0 Å². The van der Waals surface area contributed by atoms with Crippen molar-refractivity contribution < 1.29 is 23.5 Å². The number of carbonyl (C=O) groups is 2. The maximum atomic E-state index is 13.1. The first-order valence-electron chi connectivity index (χ1n) is 9.98. The van der Waals surface area contributed by atoms with Crippen LogP contribution < -0.4 is 14.8 Å². The third-order valence-electron chi connectivity index (χ3n) is 5.50. The summed E-state index contributed by atoms with van der Waals surface area (Å²) in [4.78, 5) is 28.0. The minimum atomic E-state index is -0.465. The van der Waals surface area contributed by atoms with Crippen molar-refractivity contribution in [2.45, 2.75) is 19.8 Å². The third-order valence-corrected chi connectivity index (χ3v) is 5.74. The second-order valence-electron chi connectivity index (χ2n) is 7.40. The summed E-state index contributed by atoms with van der Waals surface area (Å²) in [6.07, 6.45) is 1.92. The molecule has 0 bridgehead atoms. The summed E-state index contributed by atoms with van der Waals surface area (Å²) in [5, 5.41) is 4.14. The van der Waals surface area contributed by atoms with Gasteiger partial charge in [-0.3, -0.25) is 9.59 Å². The Balaban J connectivity index is 1.73. The molecule has 1 fully saturated rings. The third kappa shape index (κ3) is 3.93. The van der Waals surface area contributed by atoms with E-state index < -0.39 is 5.91 Å². The molecule has 31 heavy (non-hydrogen) atoms. The molecule has 1 N–H and O–H groups in total. The van der Waals surface area contributed by atoms with Crippen molar-refractivity contribution in [3.05, 3.63) is 52.2 Å². The number of nitrogens with one attached hydrogen (secondary N) is 1. The first-order chi connectivity index (χ1) is 14.9. The smallest absolute Gasteiger partial charge is 0.291 e. The molecule has 0 radical (unpaired) electrons. The van der Waals surface area contributed by atoms with Crippen molar-refractivity contribution in [1.82, 2.24) is 4.90 Å². The highest BCUT2D eigenvalue weighted by molar-refractivity contribution is 6.31. The Morgan fingerprint density at radius 3 is 2.42 bits per heavy atom. The second kappa shape index (κ2) is 8.51. The Morgan fingerprint density at radius 1 is 1.06 bits per heavy atom. The lowest BCUT2D eigenvalue weighted by molar-refractivity contribution is 0.0793. The summed E-state index contributed by atoms with van der Waals surface area (Å²) >= 11 is 6.08. The number of methoxy groups -OCH3 is 2. The van der Waals surface area contributed by atoms with Crippen LogP contribution in [0.15, 0.2) is 34.7 Å². The monoisotopic (exact) mass is 442 g/mol. The standard InChI is InChI=1S/C23H23ClN2O5/c1-13-15-10-14(24)6-7-18(15)31-21(13)22(27)25-17-12-20(30-3)19(29-2)11-16(17)23(28)26-8-4-5-9-26/h6-7,10-12H,4-5,8-9H2,1-3H3,(H,25,27). The second-order valence-corrected chi connectivity index (χ2v) is 7.84. The molecular formula is C23H23ClN2O5. The summed E-state index contributed by atoms with van der Waals surface area (Å²) in [5.74, 6) is 0.350. The molecule has 8 heteroatoms. The Labute approximate surface area is 184 Å². The number of benzene rings is 2. The van der Waals surface area contributed by atoms with E-state index in [1.807, 2.05) is 0 Å². The molecule has 0 atom stereocenters. The zero-order valence-corrected chi connectivity index (χ0v) is 18.3. The number of fused-ring (bicyclic) bond motifs is 1. The first kappa shape index (κ1) is 21.1. The van der Waals surface area contributed by atoms with Crippen molar-refractivity contribution in [2.75, 3.05) is 32.6 Å². The van der Waals surface area contributed by atoms with Crippen molar-refractivity contribution in [3.63, 3.8) is 0 Å². The van der Waals surface area contributed by atoms with Crippen molar-refractivity contribution >= 4 is 40.1 Å². The van der Waals surface area contributed by atoms with Crippen LogP contribution in [0.2, 0.25) is 5.02 Å². The van der Waals surface area contributed by atoms with Gasteiger partial charge in [0.05, 0.1) is 25.5 Å². The fourth-order valence-corrected chi connectivity index (χ4v) is 4.01. The predicted octanol–water partition coefficient (Wildman–Crippen LogP) is 4.90. The number of hydrogen-bond donors (Lipinski definition) is 1. The van der Waals surface area contributed by atoms with Crippen molar-refractivity contribution in [2.24, 2.45) is 0 Å². The number of aryl methyl sites for hydroxylation is 1. The highest BCUT2D eigenvalue weighted by Crippen LogP contribution is 2.35. The minimum Gasteiger partial charge on any atom is -0.493 e. The molecule has 7 nitrogen and oxygen atoms in total. The molecule has 1 aromatic heterocycles. The highest BCUT2D eigenvalue weighted by atomic mass is 35.5. The molecule has 2 amide bonds. The molecule has 2 heterocycles. The number of halogens is 1. The molecule has 1 aliphatic rings. The van der Waals surface area contributed by atoms with Crippen LogP contribution in [-0.4, -0.2) is 44.0 Å². The van der Waals surface area contributed by atoms with Crippen LogP contribution in [0.4, 0.5) is 5.69 Å². The van der Waals surface area contributed by atoms with Crippen LogP contribution >= 0.6 is 11.6 Å². The van der Waals surface area contributed by atoms with E-state index in [0.29, 0.717) is 52.0 Å². The van der Waals surface area contributed by atoms with E-state index in [2.05, 4.69) is 5.32 Å². The summed E-state index contributed by atoms with van der Waals surface area (Å²) in [5.41, 5.74) is 1.90. The van der Waals surface area contributed by atoms with Gasteiger partial charge in [0.1, 0.15) is 5.58 Å². The van der Waals surface area contributed by atoms with E-state index in [9.17, 15) is 9.59 Å². The number of ether oxygens (including phenoxy) is 2. The molecule has 2 aromatic carbocycles. The van der Waals surface area contributed by atoms with Gasteiger partial charge in [0.2, 0.25) is 0 Å². The largest absolute Gasteiger partial charge is 0.493 e. The van der Waals surface area contributed by atoms with Gasteiger partial charge in [-0.15, -0.1) is 0 Å². The summed E-state index contributed by atoms with van der Waals surface area (Å²) in [7, 11) is 3.00. The van der Waals surface area contributed by atoms with Crippen molar-refractivity contribution in [3.8, 4) is 11.5 Å². The summed E-state index contributed by atoms with van der Waals surface area (Å²) in [6, 6.07) is 8.37. The van der Waals surface area contributed by atoms with Gasteiger partial charge >= 0.3 is 0 Å². The lowest BCUT2D eigenvalue weighted by Crippen LogP contribution is -2.29. The van der Waals surface area contributed by atoms with Crippen LogP contribution in [0.3, 0.4) is 0 Å². The summed E-state index contributed by atoms with van der Waals surface area (Å²) in [6.45, 7) is 3.16. The van der Waals surface area contributed by atoms with E-state index in [0.717, 1.165) is 18.2 Å². The molecule has 0 aliphatic carbocycles. The molecule has 162 valence electrons. The molecule has 1 aliphatic heterocycles. The lowest BCUT2D eigenvalue weighted by Gasteiger charge is -2.20. The number of carbonyl (C=O) groups excluding carboxylic acids is 2. The molecule has 1 saturated heterocycles. The lowest BCUT2D eigenvalue weighted by atomic mass is 10.1. The quantitative estimate of drug-likeness (QED) is 0.607.